The number of nitrogens with one attached hydrogen (secondary N) is 1. The van der Waals surface area contributed by atoms with Gasteiger partial charge in [-0.15, -0.1) is 11.3 Å². The summed E-state index contributed by atoms with van der Waals surface area (Å²) in [6.45, 7) is 3.11. The van der Waals surface area contributed by atoms with Crippen LogP contribution < -0.4 is 5.32 Å². The van der Waals surface area contributed by atoms with Crippen LogP contribution in [0, 0.1) is 6.92 Å². The Kier molecular flexibility index (Phi) is 3.19. The summed E-state index contributed by atoms with van der Waals surface area (Å²) in [5.74, 6) is 0. The molecule has 78 valence electrons. The number of thiophene rings is 1. The van der Waals surface area contributed by atoms with Crippen molar-refractivity contribution >= 4 is 11.3 Å². The Morgan fingerprint density at radius 3 is 2.80 bits per heavy atom. The summed E-state index contributed by atoms with van der Waals surface area (Å²) in [6, 6.07) is 10.8. The topological polar surface area (TPSA) is 12.0 Å². The number of hydrogen-bond acceptors (Lipinski definition) is 2. The molecule has 1 nitrogen and oxygen atoms in total. The zero-order valence-corrected chi connectivity index (χ0v) is 9.90. The fourth-order valence-corrected chi connectivity index (χ4v) is 2.67. The van der Waals surface area contributed by atoms with Gasteiger partial charge in [-0.1, -0.05) is 24.3 Å². The highest BCUT2D eigenvalue weighted by molar-refractivity contribution is 7.13. The highest BCUT2D eigenvalue weighted by Gasteiger charge is 2.03. The highest BCUT2D eigenvalue weighted by Crippen LogP contribution is 2.29. The van der Waals surface area contributed by atoms with Crippen molar-refractivity contribution in [2.24, 2.45) is 0 Å². The van der Waals surface area contributed by atoms with Crippen molar-refractivity contribution in [1.29, 1.82) is 0 Å². The van der Waals surface area contributed by atoms with Crippen LogP contribution in [-0.4, -0.2) is 7.05 Å². The van der Waals surface area contributed by atoms with Crippen molar-refractivity contribution in [1.82, 2.24) is 5.32 Å². The van der Waals surface area contributed by atoms with Crippen LogP contribution in [0.1, 0.15) is 11.1 Å². The van der Waals surface area contributed by atoms with Gasteiger partial charge in [-0.2, -0.15) is 0 Å². The molecular weight excluding hydrogens is 202 g/mol. The molecule has 1 aromatic heterocycles. The average Bonchev–Trinajstić information content (AvgIpc) is 2.68. The second-order valence-electron chi connectivity index (χ2n) is 3.66. The third kappa shape index (κ3) is 2.28. The third-order valence-electron chi connectivity index (χ3n) is 2.45. The normalized spacial score (nSPS) is 10.5. The molecule has 1 N–H and O–H groups in total. The summed E-state index contributed by atoms with van der Waals surface area (Å²) in [5.41, 5.74) is 4.06. The lowest BCUT2D eigenvalue weighted by Crippen LogP contribution is -2.03. The number of benzene rings is 1. The summed E-state index contributed by atoms with van der Waals surface area (Å²) in [5, 5.41) is 5.39. The van der Waals surface area contributed by atoms with E-state index in [0.29, 0.717) is 0 Å². The molecule has 0 fully saturated rings. The number of hydrogen-bond donors (Lipinski definition) is 1. The van der Waals surface area contributed by atoms with Crippen molar-refractivity contribution in [3.63, 3.8) is 0 Å². The zero-order chi connectivity index (χ0) is 10.7. The van der Waals surface area contributed by atoms with Gasteiger partial charge in [-0.05, 0) is 42.1 Å². The minimum atomic E-state index is 0.947. The van der Waals surface area contributed by atoms with Crippen molar-refractivity contribution in [2.75, 3.05) is 7.05 Å². The van der Waals surface area contributed by atoms with E-state index in [4.69, 9.17) is 0 Å². The predicted molar refractivity (Wildman–Crippen MR) is 67.3 cm³/mol. The largest absolute Gasteiger partial charge is 0.316 e. The summed E-state index contributed by atoms with van der Waals surface area (Å²) in [6.07, 6.45) is 0. The molecule has 2 aromatic rings. The Morgan fingerprint density at radius 1 is 1.27 bits per heavy atom. The van der Waals surface area contributed by atoms with Gasteiger partial charge in [0.1, 0.15) is 0 Å². The molecular formula is C13H15NS. The Hall–Kier alpha value is -1.12. The van der Waals surface area contributed by atoms with Crippen molar-refractivity contribution < 1.29 is 0 Å². The minimum absolute atomic E-state index is 0.947. The van der Waals surface area contributed by atoms with Crippen molar-refractivity contribution in [3.05, 3.63) is 46.8 Å². The molecule has 0 aliphatic heterocycles. The first kappa shape index (κ1) is 10.4. The highest BCUT2D eigenvalue weighted by atomic mass is 32.1. The number of rotatable bonds is 3. The third-order valence-corrected chi connectivity index (χ3v) is 3.46. The van der Waals surface area contributed by atoms with E-state index in [1.165, 1.54) is 21.6 Å². The molecule has 0 bridgehead atoms. The quantitative estimate of drug-likeness (QED) is 0.830. The van der Waals surface area contributed by atoms with Crippen LogP contribution in [0.4, 0.5) is 0 Å². The van der Waals surface area contributed by atoms with E-state index >= 15 is 0 Å². The molecule has 1 heterocycles. The lowest BCUT2D eigenvalue weighted by atomic mass is 10.1. The first-order valence-corrected chi connectivity index (χ1v) is 5.97. The second kappa shape index (κ2) is 4.60. The van der Waals surface area contributed by atoms with Gasteiger partial charge in [0.05, 0.1) is 0 Å². The fourth-order valence-electron chi connectivity index (χ4n) is 1.66. The Morgan fingerprint density at radius 2 is 2.07 bits per heavy atom. The van der Waals surface area contributed by atoms with Gasteiger partial charge in [0.2, 0.25) is 0 Å². The van der Waals surface area contributed by atoms with Gasteiger partial charge >= 0.3 is 0 Å². The van der Waals surface area contributed by atoms with Crippen molar-refractivity contribution in [2.45, 2.75) is 13.5 Å². The lowest BCUT2D eigenvalue weighted by Gasteiger charge is -2.01. The predicted octanol–water partition coefficient (Wildman–Crippen LogP) is 3.44. The van der Waals surface area contributed by atoms with E-state index in [1.807, 2.05) is 18.4 Å². The molecule has 0 unspecified atom stereocenters. The minimum Gasteiger partial charge on any atom is -0.316 e. The smallest absolute Gasteiger partial charge is 0.0348 e. The molecule has 0 aliphatic rings. The van der Waals surface area contributed by atoms with Gasteiger partial charge in [0, 0.05) is 11.4 Å². The number of aryl methyl sites for hydroxylation is 1. The van der Waals surface area contributed by atoms with Gasteiger partial charge in [0.15, 0.2) is 0 Å². The standard InChI is InChI=1S/C13H15NS/c1-10-5-3-4-6-12(10)13-7-11(8-14-2)9-15-13/h3-7,9,14H,8H2,1-2H3. The zero-order valence-electron chi connectivity index (χ0n) is 9.08. The molecule has 1 aromatic carbocycles. The Balaban J connectivity index is 2.33. The average molecular weight is 217 g/mol. The molecule has 0 atom stereocenters. The van der Waals surface area contributed by atoms with E-state index in [2.05, 4.69) is 48.0 Å². The van der Waals surface area contributed by atoms with Gasteiger partial charge in [-0.25, -0.2) is 0 Å². The molecule has 15 heavy (non-hydrogen) atoms. The monoisotopic (exact) mass is 217 g/mol. The van der Waals surface area contributed by atoms with Crippen LogP contribution in [-0.2, 0) is 6.54 Å². The molecule has 0 amide bonds. The first-order chi connectivity index (χ1) is 7.31. The SMILES string of the molecule is CNCc1csc(-c2ccccc2C)c1. The van der Waals surface area contributed by atoms with Gasteiger partial charge in [-0.3, -0.25) is 0 Å². The molecule has 0 saturated heterocycles. The lowest BCUT2D eigenvalue weighted by molar-refractivity contribution is 0.821. The van der Waals surface area contributed by atoms with E-state index in [9.17, 15) is 0 Å². The van der Waals surface area contributed by atoms with Gasteiger partial charge < -0.3 is 5.32 Å². The second-order valence-corrected chi connectivity index (χ2v) is 4.58. The maximum atomic E-state index is 3.17. The molecule has 0 spiro atoms. The van der Waals surface area contributed by atoms with Crippen LogP contribution in [0.25, 0.3) is 10.4 Å². The Labute approximate surface area is 94.8 Å². The fraction of sp³-hybridized carbons (Fsp3) is 0.231. The van der Waals surface area contributed by atoms with Crippen molar-refractivity contribution in [3.8, 4) is 10.4 Å². The van der Waals surface area contributed by atoms with Crippen LogP contribution in [0.5, 0.6) is 0 Å². The van der Waals surface area contributed by atoms with E-state index < -0.39 is 0 Å². The molecule has 0 aliphatic carbocycles. The maximum Gasteiger partial charge on any atom is 0.0348 e. The first-order valence-electron chi connectivity index (χ1n) is 5.09. The molecule has 2 heteroatoms. The van der Waals surface area contributed by atoms with E-state index in [-0.39, 0.29) is 0 Å². The summed E-state index contributed by atoms with van der Waals surface area (Å²) in [4.78, 5) is 1.36. The molecule has 2 rings (SSSR count). The summed E-state index contributed by atoms with van der Waals surface area (Å²) < 4.78 is 0. The maximum absolute atomic E-state index is 3.17. The van der Waals surface area contributed by atoms with Crippen LogP contribution in [0.3, 0.4) is 0 Å². The van der Waals surface area contributed by atoms with E-state index in [1.54, 1.807) is 0 Å². The van der Waals surface area contributed by atoms with Crippen LogP contribution >= 0.6 is 11.3 Å². The van der Waals surface area contributed by atoms with E-state index in [0.717, 1.165) is 6.54 Å². The summed E-state index contributed by atoms with van der Waals surface area (Å²) >= 11 is 1.82. The van der Waals surface area contributed by atoms with Crippen LogP contribution in [0.2, 0.25) is 0 Å². The Bertz CT molecular complexity index is 445. The molecule has 0 radical (unpaired) electrons. The summed E-state index contributed by atoms with van der Waals surface area (Å²) in [7, 11) is 1.98. The van der Waals surface area contributed by atoms with Crippen LogP contribution in [0.15, 0.2) is 35.7 Å². The van der Waals surface area contributed by atoms with Gasteiger partial charge in [0.25, 0.3) is 0 Å². The molecule has 0 saturated carbocycles.